The Morgan fingerprint density at radius 1 is 1.24 bits per heavy atom. The second kappa shape index (κ2) is 9.36. The van der Waals surface area contributed by atoms with E-state index in [9.17, 15) is 9.90 Å². The van der Waals surface area contributed by atoms with Crippen LogP contribution in [-0.4, -0.2) is 71.0 Å². The van der Waals surface area contributed by atoms with Gasteiger partial charge in [-0.15, -0.1) is 0 Å². The standard InChI is InChI=1S/C28H37N5O4/c1-17-25(18(2)37-31-17)30-27(35)33-16-28(14-32(15-28)12-19-7-5-4-6-8-19)24-21-10-9-20(36-3)11-22(21)29-26(24)23(33)13-34/h9-11,19,23,29,34H,4-8,12-16H2,1-3H3,(H,30,35)/t23-/m1/s1. The lowest BCUT2D eigenvalue weighted by molar-refractivity contribution is 0.00187. The summed E-state index contributed by atoms with van der Waals surface area (Å²) in [5.41, 5.74) is 4.17. The van der Waals surface area contributed by atoms with Gasteiger partial charge in [-0.05, 0) is 50.3 Å². The van der Waals surface area contributed by atoms with Crippen LogP contribution in [0.4, 0.5) is 10.5 Å². The van der Waals surface area contributed by atoms with Gasteiger partial charge in [-0.3, -0.25) is 0 Å². The fourth-order valence-electron chi connectivity index (χ4n) is 6.99. The van der Waals surface area contributed by atoms with Gasteiger partial charge in [0.25, 0.3) is 0 Å². The van der Waals surface area contributed by atoms with E-state index in [1.165, 1.54) is 37.7 Å². The smallest absolute Gasteiger partial charge is 0.322 e. The second-order valence-corrected chi connectivity index (χ2v) is 11.2. The van der Waals surface area contributed by atoms with Gasteiger partial charge < -0.3 is 34.5 Å². The summed E-state index contributed by atoms with van der Waals surface area (Å²) in [5.74, 6) is 2.12. The molecule has 2 amide bonds. The Balaban J connectivity index is 1.36. The Hall–Kier alpha value is -3.04. The molecule has 2 aromatic heterocycles. The molecule has 198 valence electrons. The minimum Gasteiger partial charge on any atom is -0.497 e. The van der Waals surface area contributed by atoms with Crippen LogP contribution in [0.1, 0.15) is 60.9 Å². The summed E-state index contributed by atoms with van der Waals surface area (Å²) in [4.78, 5) is 21.6. The first kappa shape index (κ1) is 24.3. The van der Waals surface area contributed by atoms with Crippen LogP contribution in [0, 0.1) is 19.8 Å². The number of rotatable bonds is 5. The van der Waals surface area contributed by atoms with Crippen molar-refractivity contribution in [1.29, 1.82) is 0 Å². The minimum absolute atomic E-state index is 0.173. The predicted molar refractivity (Wildman–Crippen MR) is 141 cm³/mol. The van der Waals surface area contributed by atoms with Gasteiger partial charge >= 0.3 is 6.03 Å². The van der Waals surface area contributed by atoms with Gasteiger partial charge in [-0.1, -0.05) is 24.4 Å². The molecule has 1 aliphatic carbocycles. The molecule has 4 heterocycles. The summed E-state index contributed by atoms with van der Waals surface area (Å²) in [7, 11) is 1.66. The van der Waals surface area contributed by atoms with Crippen LogP contribution in [-0.2, 0) is 5.41 Å². The van der Waals surface area contributed by atoms with Crippen molar-refractivity contribution in [3.63, 3.8) is 0 Å². The van der Waals surface area contributed by atoms with Crippen molar-refractivity contribution in [1.82, 2.24) is 19.9 Å². The van der Waals surface area contributed by atoms with E-state index in [0.717, 1.165) is 47.9 Å². The van der Waals surface area contributed by atoms with Gasteiger partial charge in [0.2, 0.25) is 0 Å². The zero-order valence-electron chi connectivity index (χ0n) is 22.0. The monoisotopic (exact) mass is 507 g/mol. The van der Waals surface area contributed by atoms with Crippen LogP contribution in [0.2, 0.25) is 0 Å². The number of nitrogens with one attached hydrogen (secondary N) is 2. The molecule has 1 saturated heterocycles. The molecule has 0 radical (unpaired) electrons. The Labute approximate surface area is 217 Å². The molecule has 37 heavy (non-hydrogen) atoms. The lowest BCUT2D eigenvalue weighted by atomic mass is 9.68. The topological polar surface area (TPSA) is 107 Å². The number of aliphatic hydroxyl groups excluding tert-OH is 1. The van der Waals surface area contributed by atoms with Crippen molar-refractivity contribution in [2.24, 2.45) is 5.92 Å². The maximum atomic E-state index is 13.7. The second-order valence-electron chi connectivity index (χ2n) is 11.2. The average molecular weight is 508 g/mol. The molecule has 3 aromatic rings. The van der Waals surface area contributed by atoms with Crippen LogP contribution < -0.4 is 10.1 Å². The van der Waals surface area contributed by atoms with Gasteiger partial charge in [0.1, 0.15) is 17.1 Å². The maximum absolute atomic E-state index is 13.7. The third-order valence-electron chi connectivity index (χ3n) is 8.74. The number of fused-ring (bicyclic) bond motifs is 4. The molecule has 9 heteroatoms. The number of aryl methyl sites for hydroxylation is 2. The van der Waals surface area contributed by atoms with Gasteiger partial charge in [0, 0.05) is 54.3 Å². The average Bonchev–Trinajstić information content (AvgIpc) is 3.43. The number of urea groups is 1. The highest BCUT2D eigenvalue weighted by Crippen LogP contribution is 2.49. The number of aromatic nitrogens is 2. The zero-order chi connectivity index (χ0) is 25.7. The largest absolute Gasteiger partial charge is 0.497 e. The number of aliphatic hydroxyl groups is 1. The van der Waals surface area contributed by atoms with Crippen molar-refractivity contribution >= 4 is 22.6 Å². The number of aromatic amines is 1. The number of benzene rings is 1. The molecule has 1 saturated carbocycles. The number of hydrogen-bond acceptors (Lipinski definition) is 6. The molecule has 2 aliphatic heterocycles. The lowest BCUT2D eigenvalue weighted by Gasteiger charge is -2.56. The Morgan fingerprint density at radius 2 is 2.03 bits per heavy atom. The number of carbonyl (C=O) groups excluding carboxylic acids is 1. The van der Waals surface area contributed by atoms with Crippen molar-refractivity contribution in [2.75, 3.05) is 45.2 Å². The van der Waals surface area contributed by atoms with Gasteiger partial charge in [0.05, 0.1) is 19.8 Å². The van der Waals surface area contributed by atoms with E-state index in [0.29, 0.717) is 23.7 Å². The van der Waals surface area contributed by atoms with Crippen LogP contribution in [0.3, 0.4) is 0 Å². The first-order valence-corrected chi connectivity index (χ1v) is 13.5. The lowest BCUT2D eigenvalue weighted by Crippen LogP contribution is -2.67. The number of likely N-dealkylation sites (tertiary alicyclic amines) is 1. The highest BCUT2D eigenvalue weighted by Gasteiger charge is 2.54. The normalized spacial score (nSPS) is 21.7. The van der Waals surface area contributed by atoms with Crippen LogP contribution in [0.5, 0.6) is 5.75 Å². The Kier molecular flexibility index (Phi) is 6.15. The fraction of sp³-hybridized carbons (Fsp3) is 0.571. The van der Waals surface area contributed by atoms with E-state index < -0.39 is 6.04 Å². The van der Waals surface area contributed by atoms with E-state index in [-0.39, 0.29) is 18.1 Å². The summed E-state index contributed by atoms with van der Waals surface area (Å²) in [5, 5.41) is 18.7. The SMILES string of the molecule is COc1ccc2c3c([nH]c2c1)[C@@H](CO)N(C(=O)Nc1c(C)noc1C)CC31CN(CC2CCCCC2)C1. The zero-order valence-corrected chi connectivity index (χ0v) is 22.0. The van der Waals surface area contributed by atoms with Crippen molar-refractivity contribution in [3.05, 3.63) is 40.9 Å². The van der Waals surface area contributed by atoms with Crippen LogP contribution in [0.25, 0.3) is 10.9 Å². The first-order chi connectivity index (χ1) is 17.9. The maximum Gasteiger partial charge on any atom is 0.322 e. The molecule has 3 N–H and O–H groups in total. The summed E-state index contributed by atoms with van der Waals surface area (Å²) < 4.78 is 10.7. The fourth-order valence-corrected chi connectivity index (χ4v) is 6.99. The predicted octanol–water partition coefficient (Wildman–Crippen LogP) is 4.50. The molecule has 0 unspecified atom stereocenters. The Bertz CT molecular complexity index is 1280. The van der Waals surface area contributed by atoms with E-state index in [1.54, 1.807) is 18.9 Å². The molecular weight excluding hydrogens is 470 g/mol. The van der Waals surface area contributed by atoms with E-state index >= 15 is 0 Å². The first-order valence-electron chi connectivity index (χ1n) is 13.5. The molecule has 9 nitrogen and oxygen atoms in total. The number of amides is 2. The Morgan fingerprint density at radius 3 is 2.70 bits per heavy atom. The molecule has 1 atom stereocenters. The molecule has 6 rings (SSSR count). The number of carbonyl (C=O) groups is 1. The van der Waals surface area contributed by atoms with E-state index in [4.69, 9.17) is 9.26 Å². The van der Waals surface area contributed by atoms with Gasteiger partial charge in [-0.2, -0.15) is 0 Å². The van der Waals surface area contributed by atoms with Crippen molar-refractivity contribution in [2.45, 2.75) is 57.4 Å². The molecular formula is C28H37N5O4. The van der Waals surface area contributed by atoms with E-state index in [1.807, 2.05) is 19.1 Å². The number of nitrogens with zero attached hydrogens (tertiary/aromatic N) is 3. The number of anilines is 1. The highest BCUT2D eigenvalue weighted by atomic mass is 16.5. The molecule has 3 aliphatic rings. The van der Waals surface area contributed by atoms with Crippen molar-refractivity contribution < 1.29 is 19.2 Å². The number of hydrogen-bond donors (Lipinski definition) is 3. The van der Waals surface area contributed by atoms with Gasteiger partial charge in [-0.25, -0.2) is 4.79 Å². The molecule has 2 fully saturated rings. The summed E-state index contributed by atoms with van der Waals surface area (Å²) in [6.45, 7) is 6.91. The third kappa shape index (κ3) is 4.08. The quantitative estimate of drug-likeness (QED) is 0.470. The van der Waals surface area contributed by atoms with Gasteiger partial charge in [0.15, 0.2) is 5.76 Å². The molecule has 1 aromatic carbocycles. The minimum atomic E-state index is -0.480. The van der Waals surface area contributed by atoms with Crippen molar-refractivity contribution in [3.8, 4) is 5.75 Å². The highest BCUT2D eigenvalue weighted by molar-refractivity contribution is 5.93. The summed E-state index contributed by atoms with van der Waals surface area (Å²) in [6, 6.07) is 5.38. The van der Waals surface area contributed by atoms with Crippen LogP contribution in [0.15, 0.2) is 22.7 Å². The summed E-state index contributed by atoms with van der Waals surface area (Å²) >= 11 is 0. The number of H-pyrrole nitrogens is 1. The van der Waals surface area contributed by atoms with Crippen LogP contribution >= 0.6 is 0 Å². The summed E-state index contributed by atoms with van der Waals surface area (Å²) in [6.07, 6.45) is 6.68. The molecule has 0 bridgehead atoms. The number of methoxy groups -OCH3 is 1. The number of ether oxygens (including phenoxy) is 1. The third-order valence-corrected chi connectivity index (χ3v) is 8.74. The molecule has 1 spiro atoms. The van der Waals surface area contributed by atoms with E-state index in [2.05, 4.69) is 26.4 Å².